The lowest BCUT2D eigenvalue weighted by atomic mass is 10.2. The molecule has 0 aliphatic carbocycles. The van der Waals surface area contributed by atoms with Gasteiger partial charge in [-0.1, -0.05) is 35.5 Å². The summed E-state index contributed by atoms with van der Waals surface area (Å²) in [4.78, 5) is 24.6. The third-order valence-corrected chi connectivity index (χ3v) is 3.75. The molecule has 1 aromatic carbocycles. The van der Waals surface area contributed by atoms with Gasteiger partial charge in [-0.2, -0.15) is 0 Å². The highest BCUT2D eigenvalue weighted by molar-refractivity contribution is 5.84. The molecule has 1 N–H and O–H groups in total. The van der Waals surface area contributed by atoms with E-state index in [1.54, 1.807) is 4.90 Å². The van der Waals surface area contributed by atoms with Crippen molar-refractivity contribution < 1.29 is 24.2 Å². The van der Waals surface area contributed by atoms with Crippen LogP contribution in [0.15, 0.2) is 36.5 Å². The Morgan fingerprint density at radius 2 is 2.12 bits per heavy atom. The van der Waals surface area contributed by atoms with E-state index < -0.39 is 12.1 Å². The molecule has 1 atom stereocenters. The van der Waals surface area contributed by atoms with E-state index in [1.165, 1.54) is 10.9 Å². The Morgan fingerprint density at radius 1 is 1.32 bits per heavy atom. The first-order chi connectivity index (χ1) is 12.1. The Labute approximate surface area is 143 Å². The number of carbonyl (C=O) groups is 2. The molecule has 1 unspecified atom stereocenters. The van der Waals surface area contributed by atoms with Crippen LogP contribution in [0.2, 0.25) is 0 Å². The van der Waals surface area contributed by atoms with Crippen LogP contribution < -0.4 is 0 Å². The molecule has 1 amide bonds. The van der Waals surface area contributed by atoms with E-state index in [0.29, 0.717) is 26.2 Å². The standard InChI is InChI=1S/C16H18N4O5/c21-15(22)14-10-20(18-17-14)9-13-8-19(6-7-24-13)16(23)25-11-12-4-2-1-3-5-12/h1-5,10,13H,6-9,11H2,(H,21,22). The second-order valence-corrected chi connectivity index (χ2v) is 5.61. The summed E-state index contributed by atoms with van der Waals surface area (Å²) in [6.45, 7) is 1.69. The Bertz CT molecular complexity index is 733. The fourth-order valence-corrected chi connectivity index (χ4v) is 2.50. The predicted octanol–water partition coefficient (Wildman–Crippen LogP) is 1.01. The summed E-state index contributed by atoms with van der Waals surface area (Å²) in [5.74, 6) is -1.14. The summed E-state index contributed by atoms with van der Waals surface area (Å²) >= 11 is 0. The van der Waals surface area contributed by atoms with Crippen LogP contribution in [-0.4, -0.2) is 62.9 Å². The number of benzene rings is 1. The van der Waals surface area contributed by atoms with Gasteiger partial charge in [-0.25, -0.2) is 14.3 Å². The lowest BCUT2D eigenvalue weighted by Crippen LogP contribution is -2.47. The van der Waals surface area contributed by atoms with Crippen LogP contribution in [0.25, 0.3) is 0 Å². The first kappa shape index (κ1) is 16.9. The van der Waals surface area contributed by atoms with Crippen LogP contribution in [0.4, 0.5) is 4.79 Å². The molecule has 1 saturated heterocycles. The molecule has 2 heterocycles. The van der Waals surface area contributed by atoms with E-state index >= 15 is 0 Å². The van der Waals surface area contributed by atoms with Gasteiger partial charge >= 0.3 is 12.1 Å². The number of aromatic nitrogens is 3. The number of rotatable bonds is 5. The van der Waals surface area contributed by atoms with Gasteiger partial charge in [-0.3, -0.25) is 0 Å². The summed E-state index contributed by atoms with van der Waals surface area (Å²) in [6, 6.07) is 9.45. The monoisotopic (exact) mass is 346 g/mol. The van der Waals surface area contributed by atoms with Gasteiger partial charge < -0.3 is 19.5 Å². The number of carboxylic acid groups (broad SMARTS) is 1. The highest BCUT2D eigenvalue weighted by Crippen LogP contribution is 2.10. The largest absolute Gasteiger partial charge is 0.476 e. The summed E-state index contributed by atoms with van der Waals surface area (Å²) in [6.07, 6.45) is 0.626. The van der Waals surface area contributed by atoms with Crippen molar-refractivity contribution in [1.82, 2.24) is 19.9 Å². The van der Waals surface area contributed by atoms with Gasteiger partial charge in [0.25, 0.3) is 0 Å². The van der Waals surface area contributed by atoms with Crippen molar-refractivity contribution in [3.8, 4) is 0 Å². The van der Waals surface area contributed by atoms with Crippen LogP contribution >= 0.6 is 0 Å². The van der Waals surface area contributed by atoms with Crippen molar-refractivity contribution in [2.45, 2.75) is 19.3 Å². The lowest BCUT2D eigenvalue weighted by molar-refractivity contribution is -0.0365. The highest BCUT2D eigenvalue weighted by Gasteiger charge is 2.26. The molecular formula is C16H18N4O5. The first-order valence-electron chi connectivity index (χ1n) is 7.82. The molecule has 2 aromatic rings. The minimum atomic E-state index is -1.14. The van der Waals surface area contributed by atoms with Crippen molar-refractivity contribution >= 4 is 12.1 Å². The number of carboxylic acids is 1. The molecule has 9 nitrogen and oxygen atoms in total. The Morgan fingerprint density at radius 3 is 2.84 bits per heavy atom. The van der Waals surface area contributed by atoms with Crippen LogP contribution in [0.1, 0.15) is 16.1 Å². The number of aromatic carboxylic acids is 1. The Kier molecular flexibility index (Phi) is 5.24. The zero-order valence-corrected chi connectivity index (χ0v) is 13.4. The van der Waals surface area contributed by atoms with Gasteiger partial charge in [-0.05, 0) is 5.56 Å². The van der Waals surface area contributed by atoms with Crippen molar-refractivity contribution in [2.24, 2.45) is 0 Å². The molecule has 3 rings (SSSR count). The van der Waals surface area contributed by atoms with Gasteiger partial charge in [0, 0.05) is 6.54 Å². The number of hydrogen-bond acceptors (Lipinski definition) is 6. The predicted molar refractivity (Wildman–Crippen MR) is 84.9 cm³/mol. The maximum absolute atomic E-state index is 12.2. The molecule has 0 radical (unpaired) electrons. The Balaban J connectivity index is 1.51. The average Bonchev–Trinajstić information content (AvgIpc) is 3.09. The fourth-order valence-electron chi connectivity index (χ4n) is 2.50. The molecule has 0 saturated carbocycles. The molecule has 1 fully saturated rings. The molecule has 9 heteroatoms. The normalized spacial score (nSPS) is 17.3. The minimum absolute atomic E-state index is 0.130. The lowest BCUT2D eigenvalue weighted by Gasteiger charge is -2.32. The molecule has 0 spiro atoms. The zero-order valence-electron chi connectivity index (χ0n) is 13.4. The highest BCUT2D eigenvalue weighted by atomic mass is 16.6. The number of hydrogen-bond donors (Lipinski definition) is 1. The quantitative estimate of drug-likeness (QED) is 0.861. The zero-order chi connectivity index (χ0) is 17.6. The van der Waals surface area contributed by atoms with Crippen molar-refractivity contribution in [3.63, 3.8) is 0 Å². The second kappa shape index (κ2) is 7.75. The average molecular weight is 346 g/mol. The van der Waals surface area contributed by atoms with Crippen LogP contribution in [0.3, 0.4) is 0 Å². The van der Waals surface area contributed by atoms with E-state index in [4.69, 9.17) is 14.6 Å². The van der Waals surface area contributed by atoms with Gasteiger partial charge in [0.2, 0.25) is 0 Å². The summed E-state index contributed by atoms with van der Waals surface area (Å²) in [7, 11) is 0. The van der Waals surface area contributed by atoms with Gasteiger partial charge in [0.05, 0.1) is 32.0 Å². The third kappa shape index (κ3) is 4.54. The second-order valence-electron chi connectivity index (χ2n) is 5.61. The maximum Gasteiger partial charge on any atom is 0.410 e. The van der Waals surface area contributed by atoms with Crippen LogP contribution in [-0.2, 0) is 22.6 Å². The summed E-state index contributed by atoms with van der Waals surface area (Å²) in [5.41, 5.74) is 0.791. The molecule has 0 bridgehead atoms. The third-order valence-electron chi connectivity index (χ3n) is 3.75. The summed E-state index contributed by atoms with van der Waals surface area (Å²) < 4.78 is 12.3. The molecular weight excluding hydrogens is 328 g/mol. The summed E-state index contributed by atoms with van der Waals surface area (Å²) in [5, 5.41) is 16.2. The molecule has 1 aromatic heterocycles. The van der Waals surface area contributed by atoms with Gasteiger partial charge in [0.1, 0.15) is 6.61 Å². The first-order valence-corrected chi connectivity index (χ1v) is 7.82. The number of carbonyl (C=O) groups excluding carboxylic acids is 1. The van der Waals surface area contributed by atoms with E-state index in [9.17, 15) is 9.59 Å². The molecule has 25 heavy (non-hydrogen) atoms. The maximum atomic E-state index is 12.2. The van der Waals surface area contributed by atoms with E-state index in [2.05, 4.69) is 10.3 Å². The molecule has 1 aliphatic rings. The topological polar surface area (TPSA) is 107 Å². The number of ether oxygens (including phenoxy) is 2. The van der Waals surface area contributed by atoms with E-state index in [0.717, 1.165) is 5.56 Å². The van der Waals surface area contributed by atoms with Gasteiger partial charge in [-0.15, -0.1) is 5.10 Å². The molecule has 132 valence electrons. The van der Waals surface area contributed by atoms with Crippen LogP contribution in [0, 0.1) is 0 Å². The van der Waals surface area contributed by atoms with Crippen molar-refractivity contribution in [3.05, 3.63) is 47.8 Å². The van der Waals surface area contributed by atoms with E-state index in [-0.39, 0.29) is 18.4 Å². The van der Waals surface area contributed by atoms with Crippen molar-refractivity contribution in [2.75, 3.05) is 19.7 Å². The molecule has 1 aliphatic heterocycles. The van der Waals surface area contributed by atoms with Crippen molar-refractivity contribution in [1.29, 1.82) is 0 Å². The fraction of sp³-hybridized carbons (Fsp3) is 0.375. The van der Waals surface area contributed by atoms with E-state index in [1.807, 2.05) is 30.3 Å². The smallest absolute Gasteiger partial charge is 0.410 e. The SMILES string of the molecule is O=C(O)c1cn(CC2CN(C(=O)OCc3ccccc3)CCO2)nn1. The number of amides is 1. The minimum Gasteiger partial charge on any atom is -0.476 e. The number of nitrogens with zero attached hydrogens (tertiary/aromatic N) is 4. The van der Waals surface area contributed by atoms with Gasteiger partial charge in [0.15, 0.2) is 5.69 Å². The van der Waals surface area contributed by atoms with Crippen LogP contribution in [0.5, 0.6) is 0 Å². The Hall–Kier alpha value is -2.94. The number of morpholine rings is 1.